The maximum atomic E-state index is 6.30. The first-order valence-corrected chi connectivity index (χ1v) is 7.97. The lowest BCUT2D eigenvalue weighted by Crippen LogP contribution is -2.26. The van der Waals surface area contributed by atoms with Crippen LogP contribution in [-0.4, -0.2) is 11.0 Å². The molecule has 0 spiro atoms. The topological polar surface area (TPSA) is 38.9 Å². The molecule has 2 unspecified atom stereocenters. The van der Waals surface area contributed by atoms with Crippen LogP contribution < -0.4 is 5.73 Å². The van der Waals surface area contributed by atoms with Crippen LogP contribution in [0.5, 0.6) is 0 Å². The Bertz CT molecular complexity index is 519. The Balaban J connectivity index is 2.29. The molecule has 19 heavy (non-hydrogen) atoms. The van der Waals surface area contributed by atoms with Crippen LogP contribution in [0.4, 0.5) is 0 Å². The Morgan fingerprint density at radius 1 is 1.21 bits per heavy atom. The van der Waals surface area contributed by atoms with Gasteiger partial charge < -0.3 is 5.73 Å². The van der Waals surface area contributed by atoms with Gasteiger partial charge in [-0.05, 0) is 30.2 Å². The molecule has 0 amide bonds. The van der Waals surface area contributed by atoms with Crippen LogP contribution in [0.1, 0.15) is 24.2 Å². The number of aromatic nitrogens is 1. The first-order chi connectivity index (χ1) is 9.22. The summed E-state index contributed by atoms with van der Waals surface area (Å²) in [5.74, 6) is 0. The average molecular weight is 337 g/mol. The number of rotatable bonds is 5. The summed E-state index contributed by atoms with van der Waals surface area (Å²) in [4.78, 5) is 4.38. The van der Waals surface area contributed by atoms with Crippen molar-refractivity contribution in [2.24, 2.45) is 5.73 Å². The van der Waals surface area contributed by atoms with Gasteiger partial charge >= 0.3 is 0 Å². The zero-order chi connectivity index (χ0) is 13.7. The van der Waals surface area contributed by atoms with Crippen molar-refractivity contribution >= 4 is 27.7 Å². The van der Waals surface area contributed by atoms with E-state index in [-0.39, 0.29) is 11.3 Å². The summed E-state index contributed by atoms with van der Waals surface area (Å²) >= 11 is 5.34. The number of nitrogens with two attached hydrogens (primary N) is 1. The largest absolute Gasteiger partial charge is 0.326 e. The molecule has 1 aromatic heterocycles. The van der Waals surface area contributed by atoms with Gasteiger partial charge in [-0.15, -0.1) is 0 Å². The molecule has 0 bridgehead atoms. The molecule has 0 fully saturated rings. The smallest absolute Gasteiger partial charge is 0.0966 e. The summed E-state index contributed by atoms with van der Waals surface area (Å²) in [7, 11) is 0. The number of pyridine rings is 1. The first kappa shape index (κ1) is 14.6. The predicted octanol–water partition coefficient (Wildman–Crippen LogP) is 4.41. The van der Waals surface area contributed by atoms with Crippen molar-refractivity contribution < 1.29 is 0 Å². The highest BCUT2D eigenvalue weighted by molar-refractivity contribution is 9.10. The number of hydrogen-bond donors (Lipinski definition) is 1. The second kappa shape index (κ2) is 7.08. The van der Waals surface area contributed by atoms with E-state index in [9.17, 15) is 0 Å². The number of benzene rings is 1. The van der Waals surface area contributed by atoms with Gasteiger partial charge in [-0.3, -0.25) is 0 Å². The van der Waals surface area contributed by atoms with Gasteiger partial charge in [0.05, 0.1) is 10.3 Å². The summed E-state index contributed by atoms with van der Waals surface area (Å²) in [5, 5.41) is 1.21. The molecule has 2 aromatic rings. The zero-order valence-corrected chi connectivity index (χ0v) is 13.2. The lowest BCUT2D eigenvalue weighted by Gasteiger charge is -2.23. The summed E-state index contributed by atoms with van der Waals surface area (Å²) in [6, 6.07) is 14.3. The lowest BCUT2D eigenvalue weighted by molar-refractivity contribution is 0.632. The molecule has 2 atom stereocenters. The fraction of sp³-hybridized carbons (Fsp3) is 0.267. The second-order valence-corrected chi connectivity index (χ2v) is 6.32. The van der Waals surface area contributed by atoms with E-state index in [1.54, 1.807) is 11.8 Å². The molecule has 2 rings (SSSR count). The molecule has 0 aliphatic carbocycles. The fourth-order valence-electron chi connectivity index (χ4n) is 1.85. The molecule has 0 saturated heterocycles. The quantitative estimate of drug-likeness (QED) is 0.821. The van der Waals surface area contributed by atoms with Gasteiger partial charge in [-0.2, -0.15) is 0 Å². The van der Waals surface area contributed by atoms with Gasteiger partial charge in [0.25, 0.3) is 0 Å². The number of halogens is 1. The molecule has 4 heteroatoms. The Hall–Kier alpha value is -0.840. The molecule has 0 aliphatic rings. The highest BCUT2D eigenvalue weighted by Crippen LogP contribution is 2.39. The van der Waals surface area contributed by atoms with Gasteiger partial charge in [0.15, 0.2) is 0 Å². The maximum Gasteiger partial charge on any atom is 0.0966 e. The standard InChI is InChI=1S/C15H17BrN2S/c1-2-13(17)15(11-7-3-4-8-12(11)16)19-14-9-5-6-10-18-14/h3-10,13,15H,2,17H2,1H3. The van der Waals surface area contributed by atoms with E-state index in [2.05, 4.69) is 46.0 Å². The van der Waals surface area contributed by atoms with Crippen molar-refractivity contribution in [2.75, 3.05) is 0 Å². The molecule has 0 aliphatic heterocycles. The molecule has 1 aromatic carbocycles. The van der Waals surface area contributed by atoms with Crippen molar-refractivity contribution in [1.82, 2.24) is 4.98 Å². The highest BCUT2D eigenvalue weighted by Gasteiger charge is 2.22. The van der Waals surface area contributed by atoms with E-state index in [0.717, 1.165) is 15.9 Å². The number of nitrogens with zero attached hydrogens (tertiary/aromatic N) is 1. The third kappa shape index (κ3) is 3.81. The molecule has 2 N–H and O–H groups in total. The molecular formula is C15H17BrN2S. The van der Waals surface area contributed by atoms with E-state index in [1.165, 1.54) is 5.56 Å². The first-order valence-electron chi connectivity index (χ1n) is 6.30. The molecule has 100 valence electrons. The lowest BCUT2D eigenvalue weighted by atomic mass is 10.0. The maximum absolute atomic E-state index is 6.30. The minimum atomic E-state index is 0.103. The molecule has 1 heterocycles. The predicted molar refractivity (Wildman–Crippen MR) is 85.2 cm³/mol. The van der Waals surface area contributed by atoms with Crippen molar-refractivity contribution in [1.29, 1.82) is 0 Å². The van der Waals surface area contributed by atoms with Crippen LogP contribution >= 0.6 is 27.7 Å². The van der Waals surface area contributed by atoms with E-state index in [4.69, 9.17) is 5.73 Å². The van der Waals surface area contributed by atoms with Gasteiger partial charge in [0.2, 0.25) is 0 Å². The summed E-state index contributed by atoms with van der Waals surface area (Å²) in [6.07, 6.45) is 2.75. The molecule has 0 saturated carbocycles. The van der Waals surface area contributed by atoms with Gasteiger partial charge in [-0.1, -0.05) is 58.9 Å². The van der Waals surface area contributed by atoms with Crippen LogP contribution in [-0.2, 0) is 0 Å². The van der Waals surface area contributed by atoms with Crippen molar-refractivity contribution in [3.8, 4) is 0 Å². The highest BCUT2D eigenvalue weighted by atomic mass is 79.9. The normalized spacial score (nSPS) is 14.1. The minimum absolute atomic E-state index is 0.103. The van der Waals surface area contributed by atoms with Crippen LogP contribution in [0, 0.1) is 0 Å². The van der Waals surface area contributed by atoms with E-state index in [0.29, 0.717) is 0 Å². The molecule has 0 radical (unpaired) electrons. The zero-order valence-electron chi connectivity index (χ0n) is 10.8. The van der Waals surface area contributed by atoms with Gasteiger partial charge in [-0.25, -0.2) is 4.98 Å². The van der Waals surface area contributed by atoms with Crippen molar-refractivity contribution in [3.63, 3.8) is 0 Å². The summed E-state index contributed by atoms with van der Waals surface area (Å²) < 4.78 is 1.10. The van der Waals surface area contributed by atoms with Crippen LogP contribution in [0.3, 0.4) is 0 Å². The monoisotopic (exact) mass is 336 g/mol. The van der Waals surface area contributed by atoms with Crippen LogP contribution in [0.25, 0.3) is 0 Å². The molecular weight excluding hydrogens is 320 g/mol. The number of hydrogen-bond acceptors (Lipinski definition) is 3. The Morgan fingerprint density at radius 3 is 2.58 bits per heavy atom. The van der Waals surface area contributed by atoms with E-state index < -0.39 is 0 Å². The number of thioether (sulfide) groups is 1. The minimum Gasteiger partial charge on any atom is -0.326 e. The fourth-order valence-corrected chi connectivity index (χ4v) is 3.77. The van der Waals surface area contributed by atoms with Crippen LogP contribution in [0.15, 0.2) is 58.2 Å². The Morgan fingerprint density at radius 2 is 1.95 bits per heavy atom. The third-order valence-corrected chi connectivity index (χ3v) is 5.02. The van der Waals surface area contributed by atoms with Gasteiger partial charge in [0.1, 0.15) is 0 Å². The molecule has 2 nitrogen and oxygen atoms in total. The average Bonchev–Trinajstić information content (AvgIpc) is 2.46. The van der Waals surface area contributed by atoms with E-state index >= 15 is 0 Å². The SMILES string of the molecule is CCC(N)C(Sc1ccccn1)c1ccccc1Br. The van der Waals surface area contributed by atoms with Crippen molar-refractivity contribution in [3.05, 3.63) is 58.7 Å². The summed E-state index contributed by atoms with van der Waals surface area (Å²) in [5.41, 5.74) is 7.53. The van der Waals surface area contributed by atoms with Crippen molar-refractivity contribution in [2.45, 2.75) is 29.7 Å². The summed E-state index contributed by atoms with van der Waals surface area (Å²) in [6.45, 7) is 2.12. The Labute approximate surface area is 126 Å². The van der Waals surface area contributed by atoms with Gasteiger partial charge in [0, 0.05) is 16.7 Å². The Kier molecular flexibility index (Phi) is 5.43. The third-order valence-electron chi connectivity index (χ3n) is 2.96. The second-order valence-electron chi connectivity index (χ2n) is 4.30. The van der Waals surface area contributed by atoms with Crippen LogP contribution in [0.2, 0.25) is 0 Å². The van der Waals surface area contributed by atoms with E-state index in [1.807, 2.05) is 30.5 Å².